The average molecular weight is 477 g/mol. The lowest BCUT2D eigenvalue weighted by Crippen LogP contribution is -2.26. The van der Waals surface area contributed by atoms with Gasteiger partial charge in [-0.05, 0) is 49.9 Å². The van der Waals surface area contributed by atoms with E-state index >= 15 is 0 Å². The number of carbonyl (C=O) groups is 1. The van der Waals surface area contributed by atoms with Gasteiger partial charge in [0.15, 0.2) is 0 Å². The van der Waals surface area contributed by atoms with Crippen LogP contribution in [0.25, 0.3) is 0 Å². The number of hydrogen-bond donors (Lipinski definition) is 1. The van der Waals surface area contributed by atoms with Gasteiger partial charge in [-0.3, -0.25) is 0 Å². The largest absolute Gasteiger partial charge is 0.497 e. The molecule has 4 rings (SSSR count). The maximum atomic E-state index is 11.9. The molecule has 1 aromatic heterocycles. The molecule has 1 N–H and O–H groups in total. The van der Waals surface area contributed by atoms with Crippen molar-refractivity contribution in [2.45, 2.75) is 31.7 Å². The van der Waals surface area contributed by atoms with Gasteiger partial charge in [0.05, 0.1) is 31.5 Å². The minimum Gasteiger partial charge on any atom is -0.497 e. The number of nitrogens with zero attached hydrogens (tertiary/aromatic N) is 4. The number of ether oxygens (including phenoxy) is 2. The van der Waals surface area contributed by atoms with Crippen molar-refractivity contribution in [1.29, 1.82) is 0 Å². The molecule has 2 aromatic carbocycles. The zero-order chi connectivity index (χ0) is 24.8. The highest BCUT2D eigenvalue weighted by molar-refractivity contribution is 5.88. The fourth-order valence-corrected chi connectivity index (χ4v) is 4.63. The summed E-state index contributed by atoms with van der Waals surface area (Å²) in [5, 5.41) is 9.72. The number of hydrogen-bond acceptors (Lipinski definition) is 7. The van der Waals surface area contributed by atoms with Gasteiger partial charge in [0, 0.05) is 43.7 Å². The predicted molar refractivity (Wildman–Crippen MR) is 136 cm³/mol. The smallest absolute Gasteiger partial charge is 0.339 e. The van der Waals surface area contributed by atoms with E-state index in [-0.39, 0.29) is 11.6 Å². The summed E-state index contributed by atoms with van der Waals surface area (Å²) in [4.78, 5) is 25.4. The van der Waals surface area contributed by atoms with Crippen LogP contribution in [0.15, 0.2) is 54.7 Å². The highest BCUT2D eigenvalue weighted by atomic mass is 16.5. The van der Waals surface area contributed by atoms with Gasteiger partial charge in [-0.1, -0.05) is 18.2 Å². The first-order valence-corrected chi connectivity index (χ1v) is 11.9. The number of carboxylic acid groups (broad SMARTS) is 1. The highest BCUT2D eigenvalue weighted by Crippen LogP contribution is 2.40. The molecule has 1 aliphatic heterocycles. The Kier molecular flexibility index (Phi) is 7.70. The third-order valence-corrected chi connectivity index (χ3v) is 6.50. The molecule has 0 saturated carbocycles. The first-order valence-electron chi connectivity index (χ1n) is 11.9. The third-order valence-electron chi connectivity index (χ3n) is 6.50. The number of para-hydroxylation sites is 1. The molecule has 0 bridgehead atoms. The SMILES string of the molecule is COc1ccc([C@@H]2CCCN2c2ncc(C(=O)O)c(CCCN(C)c3ccccc3)n2)c(OC)c1. The molecule has 1 fully saturated rings. The van der Waals surface area contributed by atoms with Crippen LogP contribution in [0, 0.1) is 0 Å². The van der Waals surface area contributed by atoms with Crippen molar-refractivity contribution in [3.63, 3.8) is 0 Å². The highest BCUT2D eigenvalue weighted by Gasteiger charge is 2.31. The van der Waals surface area contributed by atoms with E-state index < -0.39 is 5.97 Å². The van der Waals surface area contributed by atoms with Gasteiger partial charge in [-0.2, -0.15) is 0 Å². The second kappa shape index (κ2) is 11.1. The molecule has 1 atom stereocenters. The van der Waals surface area contributed by atoms with Crippen molar-refractivity contribution >= 4 is 17.6 Å². The minimum absolute atomic E-state index is 0.0450. The Morgan fingerprint density at radius 2 is 1.97 bits per heavy atom. The Labute approximate surface area is 206 Å². The van der Waals surface area contributed by atoms with Crippen molar-refractivity contribution in [2.24, 2.45) is 0 Å². The summed E-state index contributed by atoms with van der Waals surface area (Å²) in [6.45, 7) is 1.58. The van der Waals surface area contributed by atoms with E-state index in [9.17, 15) is 9.90 Å². The summed E-state index contributed by atoms with van der Waals surface area (Å²) in [7, 11) is 5.32. The Morgan fingerprint density at radius 3 is 2.69 bits per heavy atom. The van der Waals surface area contributed by atoms with Crippen molar-refractivity contribution in [3.8, 4) is 11.5 Å². The van der Waals surface area contributed by atoms with Crippen molar-refractivity contribution in [2.75, 3.05) is 44.2 Å². The van der Waals surface area contributed by atoms with Crippen LogP contribution in [0.5, 0.6) is 11.5 Å². The van der Waals surface area contributed by atoms with E-state index in [1.54, 1.807) is 14.2 Å². The predicted octanol–water partition coefficient (Wildman–Crippen LogP) is 4.60. The zero-order valence-corrected chi connectivity index (χ0v) is 20.5. The van der Waals surface area contributed by atoms with Gasteiger partial charge in [-0.25, -0.2) is 14.8 Å². The lowest BCUT2D eigenvalue weighted by molar-refractivity contribution is 0.0694. The van der Waals surface area contributed by atoms with Crippen LogP contribution in [-0.4, -0.2) is 55.4 Å². The summed E-state index contributed by atoms with van der Waals surface area (Å²) < 4.78 is 11.0. The topological polar surface area (TPSA) is 88.0 Å². The number of aryl methyl sites for hydroxylation is 1. The van der Waals surface area contributed by atoms with E-state index in [1.807, 2.05) is 43.4 Å². The first-order chi connectivity index (χ1) is 17.0. The van der Waals surface area contributed by atoms with Gasteiger partial charge >= 0.3 is 5.97 Å². The Morgan fingerprint density at radius 1 is 1.17 bits per heavy atom. The van der Waals surface area contributed by atoms with E-state index in [4.69, 9.17) is 14.5 Å². The zero-order valence-electron chi connectivity index (χ0n) is 20.5. The van der Waals surface area contributed by atoms with E-state index in [2.05, 4.69) is 26.9 Å². The molecule has 184 valence electrons. The van der Waals surface area contributed by atoms with Gasteiger partial charge < -0.3 is 24.4 Å². The van der Waals surface area contributed by atoms with E-state index in [1.165, 1.54) is 6.20 Å². The quantitative estimate of drug-likeness (QED) is 0.454. The second-order valence-electron chi connectivity index (χ2n) is 8.66. The Bertz CT molecular complexity index is 1160. The van der Waals surface area contributed by atoms with Gasteiger partial charge in [0.2, 0.25) is 5.95 Å². The number of benzene rings is 2. The molecule has 1 saturated heterocycles. The molecule has 3 aromatic rings. The molecular weight excluding hydrogens is 444 g/mol. The van der Waals surface area contributed by atoms with Crippen LogP contribution in [0.3, 0.4) is 0 Å². The summed E-state index contributed by atoms with van der Waals surface area (Å²) in [5.41, 5.74) is 2.90. The molecule has 0 unspecified atom stereocenters. The lowest BCUT2D eigenvalue weighted by Gasteiger charge is -2.27. The van der Waals surface area contributed by atoms with Crippen molar-refractivity contribution in [3.05, 3.63) is 71.5 Å². The second-order valence-corrected chi connectivity index (χ2v) is 8.66. The third kappa shape index (κ3) is 5.48. The fourth-order valence-electron chi connectivity index (χ4n) is 4.63. The molecule has 0 radical (unpaired) electrons. The van der Waals surface area contributed by atoms with Gasteiger partial charge in [0.25, 0.3) is 0 Å². The summed E-state index contributed by atoms with van der Waals surface area (Å²) >= 11 is 0. The summed E-state index contributed by atoms with van der Waals surface area (Å²) in [6.07, 6.45) is 4.70. The monoisotopic (exact) mass is 476 g/mol. The normalized spacial score (nSPS) is 15.2. The number of anilines is 2. The lowest BCUT2D eigenvalue weighted by atomic mass is 10.0. The van der Waals surface area contributed by atoms with E-state index in [0.717, 1.165) is 55.1 Å². The number of methoxy groups -OCH3 is 2. The van der Waals surface area contributed by atoms with Crippen LogP contribution in [0.4, 0.5) is 11.6 Å². The van der Waals surface area contributed by atoms with Gasteiger partial charge in [-0.15, -0.1) is 0 Å². The number of rotatable bonds is 10. The molecule has 8 nitrogen and oxygen atoms in total. The molecule has 0 aliphatic carbocycles. The molecular formula is C27H32N4O4. The van der Waals surface area contributed by atoms with Crippen LogP contribution < -0.4 is 19.3 Å². The molecule has 2 heterocycles. The minimum atomic E-state index is -1.00. The number of aromatic nitrogens is 2. The van der Waals surface area contributed by atoms with Crippen LogP contribution in [0.1, 0.15) is 46.9 Å². The summed E-state index contributed by atoms with van der Waals surface area (Å²) in [6, 6.07) is 16.0. The van der Waals surface area contributed by atoms with Crippen molar-refractivity contribution < 1.29 is 19.4 Å². The number of aromatic carboxylic acids is 1. The average Bonchev–Trinajstić information content (AvgIpc) is 3.38. The van der Waals surface area contributed by atoms with Crippen LogP contribution in [0.2, 0.25) is 0 Å². The standard InChI is InChI=1S/C27H32N4O4/c1-30(19-9-5-4-6-10-19)15-7-11-23-22(26(32)33)18-28-27(29-23)31-16-8-12-24(31)21-14-13-20(34-2)17-25(21)35-3/h4-6,9-10,13-14,17-18,24H,7-8,11-12,15-16H2,1-3H3,(H,32,33)/t24-/m0/s1. The Balaban J connectivity index is 1.55. The number of carboxylic acids is 1. The summed E-state index contributed by atoms with van der Waals surface area (Å²) in [5.74, 6) is 1.05. The van der Waals surface area contributed by atoms with Gasteiger partial charge in [0.1, 0.15) is 11.5 Å². The molecule has 0 spiro atoms. The first kappa shape index (κ1) is 24.3. The molecule has 35 heavy (non-hydrogen) atoms. The van der Waals surface area contributed by atoms with Crippen molar-refractivity contribution in [1.82, 2.24) is 9.97 Å². The van der Waals surface area contributed by atoms with Crippen LogP contribution >= 0.6 is 0 Å². The molecule has 8 heteroatoms. The molecule has 1 aliphatic rings. The molecule has 0 amide bonds. The maximum Gasteiger partial charge on any atom is 0.339 e. The Hall–Kier alpha value is -3.81. The maximum absolute atomic E-state index is 11.9. The fraction of sp³-hybridized carbons (Fsp3) is 0.370. The van der Waals surface area contributed by atoms with Crippen LogP contribution in [-0.2, 0) is 6.42 Å². The van der Waals surface area contributed by atoms with E-state index in [0.29, 0.717) is 18.1 Å².